The molecule has 11 nitrogen and oxygen atoms in total. The van der Waals surface area contributed by atoms with Gasteiger partial charge in [0.2, 0.25) is 17.5 Å². The van der Waals surface area contributed by atoms with Gasteiger partial charge in [0.25, 0.3) is 0 Å². The van der Waals surface area contributed by atoms with Crippen LogP contribution in [-0.2, 0) is 4.74 Å². The summed E-state index contributed by atoms with van der Waals surface area (Å²) in [6, 6.07) is 7.48. The summed E-state index contributed by atoms with van der Waals surface area (Å²) >= 11 is 0. The highest BCUT2D eigenvalue weighted by atomic mass is 16.7. The molecule has 170 valence electrons. The van der Waals surface area contributed by atoms with Crippen molar-refractivity contribution in [2.45, 2.75) is 30.7 Å². The van der Waals surface area contributed by atoms with Crippen LogP contribution in [0.25, 0.3) is 22.3 Å². The Labute approximate surface area is 179 Å². The molecule has 3 aromatic rings. The first kappa shape index (κ1) is 21.9. The highest BCUT2D eigenvalue weighted by Gasteiger charge is 2.45. The Bertz CT molecular complexity index is 1190. The van der Waals surface area contributed by atoms with Crippen molar-refractivity contribution >= 4 is 11.0 Å². The van der Waals surface area contributed by atoms with Gasteiger partial charge in [-0.2, -0.15) is 0 Å². The van der Waals surface area contributed by atoms with E-state index in [0.717, 1.165) is 12.1 Å². The molecular formula is C21H20O11. The summed E-state index contributed by atoms with van der Waals surface area (Å²) in [5.74, 6) is -1.73. The number of aromatic hydroxyl groups is 3. The summed E-state index contributed by atoms with van der Waals surface area (Å²) in [6.45, 7) is -0.706. The summed E-state index contributed by atoms with van der Waals surface area (Å²) in [7, 11) is 0. The van der Waals surface area contributed by atoms with Crippen LogP contribution in [0.4, 0.5) is 0 Å². The van der Waals surface area contributed by atoms with Crippen LogP contribution in [0.2, 0.25) is 0 Å². The zero-order valence-corrected chi connectivity index (χ0v) is 16.3. The molecule has 0 bridgehead atoms. The first-order chi connectivity index (χ1) is 15.2. The van der Waals surface area contributed by atoms with Crippen LogP contribution in [0.15, 0.2) is 45.6 Å². The summed E-state index contributed by atoms with van der Waals surface area (Å²) < 4.78 is 16.6. The fourth-order valence-electron chi connectivity index (χ4n) is 3.46. The van der Waals surface area contributed by atoms with Crippen LogP contribution < -0.4 is 10.2 Å². The molecule has 1 aliphatic rings. The second kappa shape index (κ2) is 8.30. The van der Waals surface area contributed by atoms with Gasteiger partial charge in [-0.05, 0) is 24.3 Å². The van der Waals surface area contributed by atoms with Crippen molar-refractivity contribution in [1.29, 1.82) is 0 Å². The molecule has 1 fully saturated rings. The van der Waals surface area contributed by atoms with E-state index in [1.807, 2.05) is 0 Å². The Morgan fingerprint density at radius 3 is 2.25 bits per heavy atom. The van der Waals surface area contributed by atoms with Crippen molar-refractivity contribution in [3.63, 3.8) is 0 Å². The van der Waals surface area contributed by atoms with Gasteiger partial charge in [-0.25, -0.2) is 0 Å². The van der Waals surface area contributed by atoms with Crippen LogP contribution in [0.5, 0.6) is 23.0 Å². The maximum atomic E-state index is 13.2. The largest absolute Gasteiger partial charge is 0.508 e. The van der Waals surface area contributed by atoms with Crippen molar-refractivity contribution in [2.75, 3.05) is 6.61 Å². The van der Waals surface area contributed by atoms with Crippen molar-refractivity contribution in [1.82, 2.24) is 0 Å². The van der Waals surface area contributed by atoms with Gasteiger partial charge < -0.3 is 49.6 Å². The number of phenols is 3. The third-order valence-corrected chi connectivity index (χ3v) is 5.13. The van der Waals surface area contributed by atoms with Crippen molar-refractivity contribution in [2.24, 2.45) is 0 Å². The third-order valence-electron chi connectivity index (χ3n) is 5.13. The lowest BCUT2D eigenvalue weighted by atomic mass is 9.99. The number of hydrogen-bond acceptors (Lipinski definition) is 11. The summed E-state index contributed by atoms with van der Waals surface area (Å²) in [5, 5.41) is 68.8. The number of ether oxygens (including phenoxy) is 2. The maximum absolute atomic E-state index is 13.2. The van der Waals surface area contributed by atoms with Gasteiger partial charge in [0.1, 0.15) is 52.6 Å². The smallest absolute Gasteiger partial charge is 0.239 e. The number of aliphatic hydroxyl groups excluding tert-OH is 4. The zero-order chi connectivity index (χ0) is 23.2. The first-order valence-electron chi connectivity index (χ1n) is 9.50. The number of rotatable bonds is 4. The van der Waals surface area contributed by atoms with Crippen molar-refractivity contribution < 1.29 is 49.6 Å². The van der Waals surface area contributed by atoms with Gasteiger partial charge in [0, 0.05) is 17.7 Å². The number of aliphatic hydroxyl groups is 4. The molecule has 0 spiro atoms. The third kappa shape index (κ3) is 3.72. The van der Waals surface area contributed by atoms with E-state index in [1.54, 1.807) is 0 Å². The Balaban J connectivity index is 1.89. The lowest BCUT2D eigenvalue weighted by Gasteiger charge is -2.39. The fourth-order valence-corrected chi connectivity index (χ4v) is 3.46. The first-order valence-corrected chi connectivity index (χ1v) is 9.50. The van der Waals surface area contributed by atoms with Crippen LogP contribution in [-0.4, -0.2) is 73.1 Å². The van der Waals surface area contributed by atoms with E-state index in [-0.39, 0.29) is 33.8 Å². The van der Waals surface area contributed by atoms with Gasteiger partial charge in [-0.3, -0.25) is 4.79 Å². The van der Waals surface area contributed by atoms with Gasteiger partial charge in [0.05, 0.1) is 6.61 Å². The summed E-state index contributed by atoms with van der Waals surface area (Å²) in [4.78, 5) is 13.2. The van der Waals surface area contributed by atoms with E-state index in [1.165, 1.54) is 24.3 Å². The Morgan fingerprint density at radius 1 is 0.906 bits per heavy atom. The van der Waals surface area contributed by atoms with Crippen LogP contribution >= 0.6 is 0 Å². The minimum Gasteiger partial charge on any atom is -0.508 e. The Morgan fingerprint density at radius 2 is 1.59 bits per heavy atom. The van der Waals surface area contributed by atoms with Crippen LogP contribution in [0.1, 0.15) is 0 Å². The molecule has 0 saturated carbocycles. The summed E-state index contributed by atoms with van der Waals surface area (Å²) in [5.41, 5.74) is -0.801. The molecule has 7 N–H and O–H groups in total. The molecule has 2 aromatic carbocycles. The van der Waals surface area contributed by atoms with E-state index >= 15 is 0 Å². The molecular weight excluding hydrogens is 428 g/mol. The normalized spacial score (nSPS) is 25.7. The van der Waals surface area contributed by atoms with E-state index in [4.69, 9.17) is 13.9 Å². The van der Waals surface area contributed by atoms with Gasteiger partial charge in [0.15, 0.2) is 5.76 Å². The van der Waals surface area contributed by atoms with E-state index in [0.29, 0.717) is 0 Å². The molecule has 11 heteroatoms. The predicted octanol–water partition coefficient (Wildman–Crippen LogP) is -0.244. The van der Waals surface area contributed by atoms with Gasteiger partial charge in [-0.1, -0.05) is 0 Å². The zero-order valence-electron chi connectivity index (χ0n) is 16.3. The van der Waals surface area contributed by atoms with E-state index < -0.39 is 54.2 Å². The lowest BCUT2D eigenvalue weighted by molar-refractivity contribution is -0.277. The van der Waals surface area contributed by atoms with Crippen LogP contribution in [0, 0.1) is 0 Å². The number of phenolic OH excluding ortho intramolecular Hbond substituents is 3. The second-order valence-electron chi connectivity index (χ2n) is 7.29. The molecule has 1 aliphatic heterocycles. The minimum atomic E-state index is -1.80. The van der Waals surface area contributed by atoms with Gasteiger partial charge in [-0.15, -0.1) is 0 Å². The monoisotopic (exact) mass is 448 g/mol. The highest BCUT2D eigenvalue weighted by Crippen LogP contribution is 2.37. The minimum absolute atomic E-state index is 0.0661. The number of benzene rings is 2. The van der Waals surface area contributed by atoms with E-state index in [9.17, 15) is 40.5 Å². The fraction of sp³-hybridized carbons (Fsp3) is 0.286. The average Bonchev–Trinajstić information content (AvgIpc) is 2.75. The predicted molar refractivity (Wildman–Crippen MR) is 107 cm³/mol. The molecule has 0 aliphatic carbocycles. The molecule has 0 unspecified atom stereocenters. The maximum Gasteiger partial charge on any atom is 0.239 e. The summed E-state index contributed by atoms with van der Waals surface area (Å²) in [6.07, 6.45) is -8.16. The molecule has 32 heavy (non-hydrogen) atoms. The standard InChI is InChI=1S/C21H20O11/c22-7-13-15(26)17(28)18(29)21(31-13)32-20-16(27)14-11(25)5-10(24)6-12(14)30-19(20)8-1-3-9(23)4-2-8/h1-6,13,15,17-18,21-26,28-29H,7H2/t13-,15+,17-,18+,21+/m1/s1. The number of fused-ring (bicyclic) bond motifs is 1. The second-order valence-corrected chi connectivity index (χ2v) is 7.29. The van der Waals surface area contributed by atoms with Crippen molar-refractivity contribution in [3.05, 3.63) is 46.6 Å². The highest BCUT2D eigenvalue weighted by molar-refractivity contribution is 5.88. The molecule has 1 saturated heterocycles. The molecule has 0 amide bonds. The quantitative estimate of drug-likeness (QED) is 0.279. The number of hydrogen-bond donors (Lipinski definition) is 7. The molecule has 4 rings (SSSR count). The van der Waals surface area contributed by atoms with Crippen molar-refractivity contribution in [3.8, 4) is 34.3 Å². The topological polar surface area (TPSA) is 190 Å². The Kier molecular flexibility index (Phi) is 5.67. The average molecular weight is 448 g/mol. The van der Waals surface area contributed by atoms with Gasteiger partial charge >= 0.3 is 0 Å². The molecule has 0 radical (unpaired) electrons. The van der Waals surface area contributed by atoms with E-state index in [2.05, 4.69) is 0 Å². The lowest BCUT2D eigenvalue weighted by Crippen LogP contribution is -2.60. The molecule has 5 atom stereocenters. The van der Waals surface area contributed by atoms with Crippen LogP contribution in [0.3, 0.4) is 0 Å². The SMILES string of the molecule is O=c1c(O[C@@H]2O[C@H](CO)[C@H](O)[C@@H](O)[C@@H]2O)c(-c2ccc(O)cc2)oc2cc(O)cc(O)c12. The Hall–Kier alpha value is -3.35. The molecule has 2 heterocycles. The molecule has 1 aromatic heterocycles.